The molecule has 0 spiro atoms. The lowest BCUT2D eigenvalue weighted by molar-refractivity contribution is 0.0125. The van der Waals surface area contributed by atoms with Crippen molar-refractivity contribution in [2.24, 2.45) is 0 Å². The second-order valence-electron chi connectivity index (χ2n) is 4.68. The zero-order valence-electron chi connectivity index (χ0n) is 10.4. The number of aliphatic hydroxyl groups excluding tert-OH is 1. The largest absolute Gasteiger partial charge is 0.504 e. The summed E-state index contributed by atoms with van der Waals surface area (Å²) in [7, 11) is 0. The lowest BCUT2D eigenvalue weighted by Crippen LogP contribution is -2.54. The minimum absolute atomic E-state index is 0.0145. The van der Waals surface area contributed by atoms with Crippen molar-refractivity contribution in [3.8, 4) is 11.5 Å². The maximum Gasteiger partial charge on any atom is 0.255 e. The average Bonchev–Trinajstić information content (AvgIpc) is 2.42. The first-order valence-electron chi connectivity index (χ1n) is 6.10. The van der Waals surface area contributed by atoms with E-state index in [0.29, 0.717) is 26.1 Å². The van der Waals surface area contributed by atoms with Crippen molar-refractivity contribution in [2.45, 2.75) is 18.4 Å². The first kappa shape index (κ1) is 13.6. The molecule has 19 heavy (non-hydrogen) atoms. The number of aromatic hydroxyl groups is 2. The number of hydrogen-bond acceptors (Lipinski definition) is 5. The first-order valence-corrected chi connectivity index (χ1v) is 6.10. The summed E-state index contributed by atoms with van der Waals surface area (Å²) >= 11 is 0. The zero-order chi connectivity index (χ0) is 13.9. The van der Waals surface area contributed by atoms with E-state index in [4.69, 9.17) is 4.74 Å². The summed E-state index contributed by atoms with van der Waals surface area (Å²) in [5.74, 6) is -1.33. The SMILES string of the molecule is O=C(NC1(CO)CCOCC1)c1cccc(O)c1O. The number of carbonyl (C=O) groups is 1. The summed E-state index contributed by atoms with van der Waals surface area (Å²) in [5, 5.41) is 31.2. The number of ether oxygens (including phenoxy) is 1. The van der Waals surface area contributed by atoms with Crippen LogP contribution >= 0.6 is 0 Å². The smallest absolute Gasteiger partial charge is 0.255 e. The summed E-state index contributed by atoms with van der Waals surface area (Å²) in [6.45, 7) is 0.738. The van der Waals surface area contributed by atoms with Crippen LogP contribution in [0.1, 0.15) is 23.2 Å². The molecule has 1 aliphatic rings. The van der Waals surface area contributed by atoms with Crippen LogP contribution in [-0.4, -0.2) is 46.6 Å². The van der Waals surface area contributed by atoms with Crippen LogP contribution in [0.4, 0.5) is 0 Å². The van der Waals surface area contributed by atoms with Crippen molar-refractivity contribution in [1.29, 1.82) is 0 Å². The van der Waals surface area contributed by atoms with Crippen LogP contribution in [0, 0.1) is 0 Å². The van der Waals surface area contributed by atoms with Crippen LogP contribution in [0.5, 0.6) is 11.5 Å². The Balaban J connectivity index is 2.17. The molecule has 1 aromatic rings. The molecule has 1 amide bonds. The summed E-state index contributed by atoms with van der Waals surface area (Å²) < 4.78 is 5.20. The molecule has 1 aromatic carbocycles. The molecule has 104 valence electrons. The highest BCUT2D eigenvalue weighted by molar-refractivity contribution is 5.98. The number of benzene rings is 1. The molecule has 0 aliphatic carbocycles. The minimum Gasteiger partial charge on any atom is -0.504 e. The number of phenols is 2. The Hall–Kier alpha value is -1.79. The Bertz CT molecular complexity index is 468. The van der Waals surface area contributed by atoms with Crippen molar-refractivity contribution in [1.82, 2.24) is 5.32 Å². The zero-order valence-corrected chi connectivity index (χ0v) is 10.4. The van der Waals surface area contributed by atoms with Gasteiger partial charge in [-0.05, 0) is 25.0 Å². The molecule has 6 heteroatoms. The van der Waals surface area contributed by atoms with Crippen LogP contribution in [0.15, 0.2) is 18.2 Å². The lowest BCUT2D eigenvalue weighted by Gasteiger charge is -2.36. The van der Waals surface area contributed by atoms with Gasteiger partial charge in [-0.2, -0.15) is 0 Å². The van der Waals surface area contributed by atoms with E-state index in [1.54, 1.807) is 0 Å². The van der Waals surface area contributed by atoms with Gasteiger partial charge in [0.05, 0.1) is 17.7 Å². The third-order valence-electron chi connectivity index (χ3n) is 3.39. The fourth-order valence-electron chi connectivity index (χ4n) is 2.11. The third kappa shape index (κ3) is 2.80. The molecule has 4 N–H and O–H groups in total. The van der Waals surface area contributed by atoms with Gasteiger partial charge in [-0.25, -0.2) is 0 Å². The van der Waals surface area contributed by atoms with Crippen LogP contribution < -0.4 is 5.32 Å². The monoisotopic (exact) mass is 267 g/mol. The Labute approximate surface area is 110 Å². The number of amides is 1. The Kier molecular flexibility index (Phi) is 3.92. The van der Waals surface area contributed by atoms with Crippen molar-refractivity contribution < 1.29 is 24.9 Å². The normalized spacial score (nSPS) is 17.9. The van der Waals surface area contributed by atoms with E-state index in [9.17, 15) is 20.1 Å². The maximum absolute atomic E-state index is 12.1. The standard InChI is InChI=1S/C13H17NO5/c15-8-13(4-6-19-7-5-13)14-12(18)9-2-1-3-10(16)11(9)17/h1-3,15-17H,4-8H2,(H,14,18). The number of nitrogens with one attached hydrogen (secondary N) is 1. The molecule has 1 heterocycles. The summed E-state index contributed by atoms with van der Waals surface area (Å²) in [6, 6.07) is 4.18. The predicted molar refractivity (Wildman–Crippen MR) is 67.1 cm³/mol. The van der Waals surface area contributed by atoms with Gasteiger partial charge >= 0.3 is 0 Å². The number of hydrogen-bond donors (Lipinski definition) is 4. The number of aliphatic hydroxyl groups is 1. The number of para-hydroxylation sites is 1. The van der Waals surface area contributed by atoms with E-state index in [1.165, 1.54) is 18.2 Å². The second-order valence-corrected chi connectivity index (χ2v) is 4.68. The van der Waals surface area contributed by atoms with E-state index in [-0.39, 0.29) is 17.9 Å². The van der Waals surface area contributed by atoms with Crippen molar-refractivity contribution in [3.05, 3.63) is 23.8 Å². The highest BCUT2D eigenvalue weighted by Gasteiger charge is 2.34. The van der Waals surface area contributed by atoms with Crippen molar-refractivity contribution in [2.75, 3.05) is 19.8 Å². The fourth-order valence-corrected chi connectivity index (χ4v) is 2.11. The Morgan fingerprint density at radius 3 is 2.63 bits per heavy atom. The predicted octanol–water partition coefficient (Wildman–Crippen LogP) is 0.369. The van der Waals surface area contributed by atoms with E-state index >= 15 is 0 Å². The minimum atomic E-state index is -0.729. The van der Waals surface area contributed by atoms with Gasteiger partial charge in [-0.3, -0.25) is 4.79 Å². The van der Waals surface area contributed by atoms with Gasteiger partial charge in [-0.1, -0.05) is 6.07 Å². The van der Waals surface area contributed by atoms with E-state index in [1.807, 2.05) is 0 Å². The van der Waals surface area contributed by atoms with E-state index < -0.39 is 17.2 Å². The molecule has 0 atom stereocenters. The molecular weight excluding hydrogens is 250 g/mol. The molecule has 1 aliphatic heterocycles. The first-order chi connectivity index (χ1) is 9.08. The molecule has 6 nitrogen and oxygen atoms in total. The lowest BCUT2D eigenvalue weighted by atomic mass is 9.90. The number of carbonyl (C=O) groups excluding carboxylic acids is 1. The van der Waals surface area contributed by atoms with Gasteiger partial charge in [0.2, 0.25) is 0 Å². The van der Waals surface area contributed by atoms with Gasteiger partial charge in [0.1, 0.15) is 0 Å². The second kappa shape index (κ2) is 5.46. The Morgan fingerprint density at radius 1 is 1.32 bits per heavy atom. The highest BCUT2D eigenvalue weighted by atomic mass is 16.5. The van der Waals surface area contributed by atoms with E-state index in [0.717, 1.165) is 0 Å². The topological polar surface area (TPSA) is 99.0 Å². The summed E-state index contributed by atoms with van der Waals surface area (Å²) in [5.41, 5.74) is -0.743. The molecule has 0 unspecified atom stereocenters. The average molecular weight is 267 g/mol. The molecule has 0 radical (unpaired) electrons. The van der Waals surface area contributed by atoms with Crippen molar-refractivity contribution >= 4 is 5.91 Å². The molecule has 0 saturated carbocycles. The van der Waals surface area contributed by atoms with Crippen LogP contribution in [-0.2, 0) is 4.74 Å². The number of rotatable bonds is 3. The molecule has 0 bridgehead atoms. The summed E-state index contributed by atoms with van der Waals surface area (Å²) in [6.07, 6.45) is 1.02. The fraction of sp³-hybridized carbons (Fsp3) is 0.462. The molecule has 0 aromatic heterocycles. The van der Waals surface area contributed by atoms with Crippen molar-refractivity contribution in [3.63, 3.8) is 0 Å². The molecule has 2 rings (SSSR count). The van der Waals surface area contributed by atoms with Crippen LogP contribution in [0.25, 0.3) is 0 Å². The Morgan fingerprint density at radius 2 is 2.00 bits per heavy atom. The van der Waals surface area contributed by atoms with Gasteiger partial charge < -0.3 is 25.4 Å². The molecule has 1 fully saturated rings. The quantitative estimate of drug-likeness (QED) is 0.593. The van der Waals surface area contributed by atoms with Crippen LogP contribution in [0.3, 0.4) is 0 Å². The van der Waals surface area contributed by atoms with Gasteiger partial charge in [0.25, 0.3) is 5.91 Å². The van der Waals surface area contributed by atoms with Gasteiger partial charge in [0, 0.05) is 13.2 Å². The maximum atomic E-state index is 12.1. The van der Waals surface area contributed by atoms with Crippen LogP contribution in [0.2, 0.25) is 0 Å². The van der Waals surface area contributed by atoms with E-state index in [2.05, 4.69) is 5.32 Å². The highest BCUT2D eigenvalue weighted by Crippen LogP contribution is 2.29. The number of phenolic OH excluding ortho intramolecular Hbond substituents is 2. The van der Waals surface area contributed by atoms with Gasteiger partial charge in [-0.15, -0.1) is 0 Å². The third-order valence-corrected chi connectivity index (χ3v) is 3.39. The summed E-state index contributed by atoms with van der Waals surface area (Å²) in [4.78, 5) is 12.1. The molecule has 1 saturated heterocycles. The van der Waals surface area contributed by atoms with Gasteiger partial charge in [0.15, 0.2) is 11.5 Å². The molecular formula is C13H17NO5.